The summed E-state index contributed by atoms with van der Waals surface area (Å²) >= 11 is 0. The second-order valence-corrected chi connectivity index (χ2v) is 4.53. The van der Waals surface area contributed by atoms with Crippen molar-refractivity contribution in [3.63, 3.8) is 0 Å². The van der Waals surface area contributed by atoms with Gasteiger partial charge in [0.15, 0.2) is 6.61 Å². The molecule has 1 heterocycles. The Morgan fingerprint density at radius 2 is 2.28 bits per heavy atom. The Morgan fingerprint density at radius 3 is 2.89 bits per heavy atom. The molecule has 1 aromatic carbocycles. The molecular formula is C14H18N2O2. The Balaban J connectivity index is 1.87. The fourth-order valence-electron chi connectivity index (χ4n) is 2.09. The van der Waals surface area contributed by atoms with Gasteiger partial charge in [0.2, 0.25) is 0 Å². The number of nitrogens with zero attached hydrogens (tertiary/aromatic N) is 1. The topological polar surface area (TPSA) is 54.3 Å². The molecule has 4 heteroatoms. The van der Waals surface area contributed by atoms with Crippen LogP contribution in [0.5, 0.6) is 5.75 Å². The van der Waals surface area contributed by atoms with Crippen molar-refractivity contribution >= 4 is 5.69 Å². The average Bonchev–Trinajstić information content (AvgIpc) is 2.92. The van der Waals surface area contributed by atoms with Gasteiger partial charge in [-0.2, -0.15) is 5.26 Å². The second-order valence-electron chi connectivity index (χ2n) is 4.53. The van der Waals surface area contributed by atoms with E-state index in [0.29, 0.717) is 12.0 Å². The van der Waals surface area contributed by atoms with E-state index in [1.54, 1.807) is 0 Å². The zero-order chi connectivity index (χ0) is 12.8. The smallest absolute Gasteiger partial charge is 0.174 e. The monoisotopic (exact) mass is 246 g/mol. The van der Waals surface area contributed by atoms with Gasteiger partial charge in [-0.05, 0) is 37.6 Å². The largest absolute Gasteiger partial charge is 0.479 e. The molecule has 2 atom stereocenters. The summed E-state index contributed by atoms with van der Waals surface area (Å²) in [5, 5.41) is 11.9. The van der Waals surface area contributed by atoms with Gasteiger partial charge in [0, 0.05) is 24.3 Å². The van der Waals surface area contributed by atoms with Crippen LogP contribution < -0.4 is 10.1 Å². The summed E-state index contributed by atoms with van der Waals surface area (Å²) in [6.45, 7) is 3.98. The zero-order valence-electron chi connectivity index (χ0n) is 10.6. The van der Waals surface area contributed by atoms with E-state index in [1.807, 2.05) is 30.3 Å². The first-order valence-electron chi connectivity index (χ1n) is 6.23. The van der Waals surface area contributed by atoms with Crippen LogP contribution in [0.25, 0.3) is 0 Å². The Kier molecular flexibility index (Phi) is 4.43. The molecule has 0 radical (unpaired) electrons. The Morgan fingerprint density at radius 1 is 1.50 bits per heavy atom. The molecule has 1 fully saturated rings. The Hall–Kier alpha value is -1.73. The van der Waals surface area contributed by atoms with Crippen molar-refractivity contribution in [1.29, 1.82) is 5.26 Å². The Labute approximate surface area is 108 Å². The molecule has 96 valence electrons. The van der Waals surface area contributed by atoms with Crippen LogP contribution in [-0.4, -0.2) is 25.9 Å². The molecule has 1 aliphatic rings. The second kappa shape index (κ2) is 6.27. The molecule has 4 nitrogen and oxygen atoms in total. The van der Waals surface area contributed by atoms with E-state index < -0.39 is 0 Å². The molecule has 1 N–H and O–H groups in total. The van der Waals surface area contributed by atoms with E-state index in [0.717, 1.165) is 31.1 Å². The van der Waals surface area contributed by atoms with Crippen molar-refractivity contribution in [3.8, 4) is 11.8 Å². The van der Waals surface area contributed by atoms with Crippen LogP contribution in [0.15, 0.2) is 24.3 Å². The first-order valence-corrected chi connectivity index (χ1v) is 6.23. The SMILES string of the molecule is CC(Nc1ccc(OCC#N)cc1)C1CCOC1. The number of nitrogens with one attached hydrogen (secondary N) is 1. The van der Waals surface area contributed by atoms with Gasteiger partial charge in [-0.15, -0.1) is 0 Å². The number of hydrogen-bond donors (Lipinski definition) is 1. The molecule has 0 spiro atoms. The van der Waals surface area contributed by atoms with Gasteiger partial charge < -0.3 is 14.8 Å². The van der Waals surface area contributed by atoms with E-state index in [9.17, 15) is 0 Å². The number of benzene rings is 1. The summed E-state index contributed by atoms with van der Waals surface area (Å²) in [4.78, 5) is 0. The molecule has 2 unspecified atom stereocenters. The van der Waals surface area contributed by atoms with Gasteiger partial charge in [0.05, 0.1) is 6.61 Å². The first kappa shape index (κ1) is 12.7. The third-order valence-corrected chi connectivity index (χ3v) is 3.22. The highest BCUT2D eigenvalue weighted by Gasteiger charge is 2.21. The van der Waals surface area contributed by atoms with Crippen molar-refractivity contribution in [2.24, 2.45) is 5.92 Å². The molecular weight excluding hydrogens is 228 g/mol. The number of rotatable bonds is 5. The summed E-state index contributed by atoms with van der Waals surface area (Å²) in [6.07, 6.45) is 1.12. The minimum Gasteiger partial charge on any atom is -0.479 e. The van der Waals surface area contributed by atoms with Crippen molar-refractivity contribution in [1.82, 2.24) is 0 Å². The van der Waals surface area contributed by atoms with Crippen molar-refractivity contribution in [3.05, 3.63) is 24.3 Å². The minimum atomic E-state index is 0.0859. The predicted molar refractivity (Wildman–Crippen MR) is 69.6 cm³/mol. The molecule has 0 aliphatic carbocycles. The van der Waals surface area contributed by atoms with Crippen LogP contribution in [0.1, 0.15) is 13.3 Å². The normalized spacial score (nSPS) is 20.1. The maximum Gasteiger partial charge on any atom is 0.174 e. The van der Waals surface area contributed by atoms with Crippen LogP contribution in [-0.2, 0) is 4.74 Å². The lowest BCUT2D eigenvalue weighted by atomic mass is 10.0. The van der Waals surface area contributed by atoms with E-state index in [-0.39, 0.29) is 6.61 Å². The zero-order valence-corrected chi connectivity index (χ0v) is 10.6. The molecule has 2 rings (SSSR count). The van der Waals surface area contributed by atoms with Gasteiger partial charge in [-0.1, -0.05) is 0 Å². The molecule has 18 heavy (non-hydrogen) atoms. The van der Waals surface area contributed by atoms with Gasteiger partial charge >= 0.3 is 0 Å². The maximum atomic E-state index is 8.42. The minimum absolute atomic E-state index is 0.0859. The van der Waals surface area contributed by atoms with Gasteiger partial charge in [-0.25, -0.2) is 0 Å². The molecule has 0 bridgehead atoms. The standard InChI is InChI=1S/C14H18N2O2/c1-11(12-6-8-17-10-12)16-13-2-4-14(5-3-13)18-9-7-15/h2-5,11-12,16H,6,8-10H2,1H3. The Bertz CT molecular complexity index is 405. The molecule has 1 aromatic rings. The number of anilines is 1. The van der Waals surface area contributed by atoms with Crippen molar-refractivity contribution < 1.29 is 9.47 Å². The van der Waals surface area contributed by atoms with E-state index >= 15 is 0 Å². The number of hydrogen-bond acceptors (Lipinski definition) is 4. The summed E-state index contributed by atoms with van der Waals surface area (Å²) in [5.74, 6) is 1.30. The van der Waals surface area contributed by atoms with Crippen molar-refractivity contribution in [2.75, 3.05) is 25.1 Å². The number of ether oxygens (including phenoxy) is 2. The van der Waals surface area contributed by atoms with Gasteiger partial charge in [0.25, 0.3) is 0 Å². The lowest BCUT2D eigenvalue weighted by Gasteiger charge is -2.20. The molecule has 1 saturated heterocycles. The lowest BCUT2D eigenvalue weighted by molar-refractivity contribution is 0.183. The lowest BCUT2D eigenvalue weighted by Crippen LogP contribution is -2.25. The molecule has 0 aromatic heterocycles. The highest BCUT2D eigenvalue weighted by Crippen LogP contribution is 2.21. The van der Waals surface area contributed by atoms with E-state index in [2.05, 4.69) is 12.2 Å². The van der Waals surface area contributed by atoms with Crippen LogP contribution in [0.4, 0.5) is 5.69 Å². The fourth-order valence-corrected chi connectivity index (χ4v) is 2.09. The van der Waals surface area contributed by atoms with Gasteiger partial charge in [0.1, 0.15) is 11.8 Å². The first-order chi connectivity index (χ1) is 8.79. The highest BCUT2D eigenvalue weighted by atomic mass is 16.5. The van der Waals surface area contributed by atoms with Crippen LogP contribution in [0, 0.1) is 17.2 Å². The molecule has 0 saturated carbocycles. The van der Waals surface area contributed by atoms with Crippen LogP contribution in [0.2, 0.25) is 0 Å². The summed E-state index contributed by atoms with van der Waals surface area (Å²) in [5.41, 5.74) is 1.07. The third kappa shape index (κ3) is 3.38. The van der Waals surface area contributed by atoms with E-state index in [4.69, 9.17) is 14.7 Å². The maximum absolute atomic E-state index is 8.42. The van der Waals surface area contributed by atoms with Gasteiger partial charge in [-0.3, -0.25) is 0 Å². The number of nitriles is 1. The summed E-state index contributed by atoms with van der Waals surface area (Å²) in [6, 6.07) is 10.0. The van der Waals surface area contributed by atoms with Crippen LogP contribution >= 0.6 is 0 Å². The average molecular weight is 246 g/mol. The summed E-state index contributed by atoms with van der Waals surface area (Å²) in [7, 11) is 0. The molecule has 0 amide bonds. The summed E-state index contributed by atoms with van der Waals surface area (Å²) < 4.78 is 10.6. The van der Waals surface area contributed by atoms with Crippen LogP contribution in [0.3, 0.4) is 0 Å². The molecule has 1 aliphatic heterocycles. The quantitative estimate of drug-likeness (QED) is 0.867. The highest BCUT2D eigenvalue weighted by molar-refractivity contribution is 5.47. The predicted octanol–water partition coefficient (Wildman–Crippen LogP) is 2.43. The third-order valence-electron chi connectivity index (χ3n) is 3.22. The fraction of sp³-hybridized carbons (Fsp3) is 0.500. The van der Waals surface area contributed by atoms with E-state index in [1.165, 1.54) is 0 Å². The van der Waals surface area contributed by atoms with Crippen molar-refractivity contribution in [2.45, 2.75) is 19.4 Å².